The quantitative estimate of drug-likeness (QED) is 0.793. The molecule has 1 N–H and O–H groups in total. The van der Waals surface area contributed by atoms with Crippen molar-refractivity contribution in [1.29, 1.82) is 0 Å². The first kappa shape index (κ1) is 11.3. The van der Waals surface area contributed by atoms with E-state index < -0.39 is 0 Å². The minimum Gasteiger partial charge on any atom is -0.497 e. The lowest BCUT2D eigenvalue weighted by molar-refractivity contribution is 0.114. The van der Waals surface area contributed by atoms with Gasteiger partial charge in [-0.25, -0.2) is 0 Å². The van der Waals surface area contributed by atoms with E-state index in [4.69, 9.17) is 14.6 Å². The fourth-order valence-electron chi connectivity index (χ4n) is 2.21. The topological polar surface area (TPSA) is 38.7 Å². The van der Waals surface area contributed by atoms with Crippen molar-refractivity contribution in [3.05, 3.63) is 35.3 Å². The number of allylic oxidation sites excluding steroid dienone is 1. The van der Waals surface area contributed by atoms with Gasteiger partial charge >= 0.3 is 0 Å². The molecule has 0 aromatic heterocycles. The van der Waals surface area contributed by atoms with Crippen LogP contribution in [0.3, 0.4) is 0 Å². The molecule has 0 radical (unpaired) electrons. The summed E-state index contributed by atoms with van der Waals surface area (Å²) in [5.41, 5.74) is 1.23. The average molecular weight is 222 g/mol. The Bertz CT molecular complexity index is 363. The molecule has 3 nitrogen and oxygen atoms in total. The van der Waals surface area contributed by atoms with E-state index in [1.165, 1.54) is 5.57 Å². The third-order valence-electron chi connectivity index (χ3n) is 3.06. The van der Waals surface area contributed by atoms with Crippen LogP contribution in [0.25, 0.3) is 0 Å². The number of hydrogen-bond donors (Lipinski definition) is 1. The zero-order valence-electron chi connectivity index (χ0n) is 9.93. The third-order valence-corrected chi connectivity index (χ3v) is 3.06. The Kier molecular flexibility index (Phi) is 3.06. The number of aliphatic hydroxyl groups excluding tert-OH is 1. The van der Waals surface area contributed by atoms with Crippen LogP contribution in [0.5, 0.6) is 0 Å². The Labute approximate surface area is 96.1 Å². The Morgan fingerprint density at radius 3 is 2.75 bits per heavy atom. The van der Waals surface area contributed by atoms with E-state index in [0.29, 0.717) is 11.7 Å². The maximum atomic E-state index is 9.10. The summed E-state index contributed by atoms with van der Waals surface area (Å²) in [5, 5.41) is 9.10. The Morgan fingerprint density at radius 1 is 1.44 bits per heavy atom. The molecular formula is C13H18O3. The van der Waals surface area contributed by atoms with Crippen molar-refractivity contribution < 1.29 is 14.6 Å². The summed E-state index contributed by atoms with van der Waals surface area (Å²) in [6.45, 7) is 4.25. The van der Waals surface area contributed by atoms with Gasteiger partial charge in [0.2, 0.25) is 0 Å². The molecule has 0 saturated carbocycles. The fourth-order valence-corrected chi connectivity index (χ4v) is 2.21. The summed E-state index contributed by atoms with van der Waals surface area (Å²) in [5.74, 6) is 2.15. The van der Waals surface area contributed by atoms with E-state index in [1.54, 1.807) is 7.11 Å². The van der Waals surface area contributed by atoms with Gasteiger partial charge in [-0.05, 0) is 29.7 Å². The highest BCUT2D eigenvalue weighted by molar-refractivity contribution is 5.35. The summed E-state index contributed by atoms with van der Waals surface area (Å²) >= 11 is 0. The predicted molar refractivity (Wildman–Crippen MR) is 61.5 cm³/mol. The normalized spacial score (nSPS) is 27.9. The molecule has 1 aliphatic carbocycles. The standard InChI is InChI=1S/C13H18O3/c1-8(2)12-6-10(15-3)4-9-5-11(7-14)16-13(9)12/h4-6,8-9,13-14H,7H2,1-3H3. The molecule has 2 atom stereocenters. The van der Waals surface area contributed by atoms with Crippen molar-refractivity contribution in [3.8, 4) is 0 Å². The van der Waals surface area contributed by atoms with Gasteiger partial charge in [-0.3, -0.25) is 0 Å². The average Bonchev–Trinajstić information content (AvgIpc) is 2.69. The molecule has 2 unspecified atom stereocenters. The first-order chi connectivity index (χ1) is 7.65. The maximum absolute atomic E-state index is 9.10. The van der Waals surface area contributed by atoms with E-state index in [-0.39, 0.29) is 18.6 Å². The highest BCUT2D eigenvalue weighted by Crippen LogP contribution is 2.37. The van der Waals surface area contributed by atoms with Gasteiger partial charge in [0.05, 0.1) is 7.11 Å². The molecule has 0 amide bonds. The monoisotopic (exact) mass is 222 g/mol. The lowest BCUT2D eigenvalue weighted by atomic mass is 9.85. The second-order valence-corrected chi connectivity index (χ2v) is 4.48. The number of fused-ring (bicyclic) bond motifs is 1. The van der Waals surface area contributed by atoms with Crippen LogP contribution in [0.15, 0.2) is 35.3 Å². The van der Waals surface area contributed by atoms with Crippen molar-refractivity contribution in [2.45, 2.75) is 20.0 Å². The van der Waals surface area contributed by atoms with E-state index in [2.05, 4.69) is 13.8 Å². The van der Waals surface area contributed by atoms with Crippen LogP contribution in [0.2, 0.25) is 0 Å². The van der Waals surface area contributed by atoms with Gasteiger partial charge in [0.15, 0.2) is 0 Å². The van der Waals surface area contributed by atoms with Gasteiger partial charge < -0.3 is 14.6 Å². The van der Waals surface area contributed by atoms with Crippen molar-refractivity contribution in [2.24, 2.45) is 11.8 Å². The largest absolute Gasteiger partial charge is 0.497 e. The minimum absolute atomic E-state index is 0.0332. The second-order valence-electron chi connectivity index (χ2n) is 4.48. The summed E-state index contributed by atoms with van der Waals surface area (Å²) in [4.78, 5) is 0. The molecule has 16 heavy (non-hydrogen) atoms. The second kappa shape index (κ2) is 4.34. The Morgan fingerprint density at radius 2 is 2.19 bits per heavy atom. The molecular weight excluding hydrogens is 204 g/mol. The minimum atomic E-state index is -0.0332. The van der Waals surface area contributed by atoms with E-state index >= 15 is 0 Å². The Hall–Kier alpha value is -1.22. The number of ether oxygens (including phenoxy) is 2. The van der Waals surface area contributed by atoms with E-state index in [9.17, 15) is 0 Å². The van der Waals surface area contributed by atoms with Gasteiger partial charge in [0.1, 0.15) is 24.2 Å². The van der Waals surface area contributed by atoms with Gasteiger partial charge in [0, 0.05) is 5.92 Å². The van der Waals surface area contributed by atoms with Crippen LogP contribution in [0.4, 0.5) is 0 Å². The zero-order chi connectivity index (χ0) is 11.7. The lowest BCUT2D eigenvalue weighted by Crippen LogP contribution is -2.25. The van der Waals surface area contributed by atoms with Crippen molar-refractivity contribution in [2.75, 3.05) is 13.7 Å². The van der Waals surface area contributed by atoms with Crippen molar-refractivity contribution in [3.63, 3.8) is 0 Å². The maximum Gasteiger partial charge on any atom is 0.130 e. The van der Waals surface area contributed by atoms with E-state index in [1.807, 2.05) is 18.2 Å². The first-order valence-electron chi connectivity index (χ1n) is 5.61. The zero-order valence-corrected chi connectivity index (χ0v) is 9.93. The van der Waals surface area contributed by atoms with Crippen LogP contribution in [-0.4, -0.2) is 24.9 Å². The number of hydrogen-bond acceptors (Lipinski definition) is 3. The van der Waals surface area contributed by atoms with Crippen LogP contribution in [0.1, 0.15) is 13.8 Å². The van der Waals surface area contributed by atoms with Crippen LogP contribution in [0, 0.1) is 11.8 Å². The van der Waals surface area contributed by atoms with E-state index in [0.717, 1.165) is 5.76 Å². The van der Waals surface area contributed by atoms with Gasteiger partial charge in [0.25, 0.3) is 0 Å². The van der Waals surface area contributed by atoms with Gasteiger partial charge in [-0.2, -0.15) is 0 Å². The summed E-state index contributed by atoms with van der Waals surface area (Å²) in [6.07, 6.45) is 6.10. The molecule has 2 rings (SSSR count). The summed E-state index contributed by atoms with van der Waals surface area (Å²) in [6, 6.07) is 0. The molecule has 0 fully saturated rings. The fraction of sp³-hybridized carbons (Fsp3) is 0.538. The molecule has 0 saturated heterocycles. The van der Waals surface area contributed by atoms with Gasteiger partial charge in [-0.15, -0.1) is 0 Å². The first-order valence-corrected chi connectivity index (χ1v) is 5.61. The lowest BCUT2D eigenvalue weighted by Gasteiger charge is -2.27. The molecule has 0 bridgehead atoms. The number of rotatable bonds is 3. The SMILES string of the molecule is COC1=CC2C=C(CO)OC2C(C(C)C)=C1. The number of methoxy groups -OCH3 is 1. The summed E-state index contributed by atoms with van der Waals surface area (Å²) < 4.78 is 11.0. The molecule has 0 aromatic carbocycles. The molecule has 88 valence electrons. The van der Waals surface area contributed by atoms with Crippen molar-refractivity contribution in [1.82, 2.24) is 0 Å². The molecule has 0 aromatic rings. The summed E-state index contributed by atoms with van der Waals surface area (Å²) in [7, 11) is 1.67. The molecule has 2 aliphatic rings. The smallest absolute Gasteiger partial charge is 0.130 e. The van der Waals surface area contributed by atoms with Gasteiger partial charge in [-0.1, -0.05) is 13.8 Å². The Balaban J connectivity index is 2.29. The molecule has 0 spiro atoms. The third kappa shape index (κ3) is 1.87. The highest BCUT2D eigenvalue weighted by atomic mass is 16.5. The van der Waals surface area contributed by atoms with Crippen LogP contribution < -0.4 is 0 Å². The molecule has 3 heteroatoms. The van der Waals surface area contributed by atoms with Crippen LogP contribution >= 0.6 is 0 Å². The molecule has 1 aliphatic heterocycles. The highest BCUT2D eigenvalue weighted by Gasteiger charge is 2.34. The molecule has 1 heterocycles. The predicted octanol–water partition coefficient (Wildman–Crippen LogP) is 2.00. The number of aliphatic hydroxyl groups is 1. The van der Waals surface area contributed by atoms with Crippen LogP contribution in [-0.2, 0) is 9.47 Å². The van der Waals surface area contributed by atoms with Crippen molar-refractivity contribution >= 4 is 0 Å².